The number of pyridine rings is 1. The summed E-state index contributed by atoms with van der Waals surface area (Å²) in [6.07, 6.45) is -2.07. The van der Waals surface area contributed by atoms with Crippen molar-refractivity contribution in [2.75, 3.05) is 0 Å². The molecule has 0 amide bonds. The molecular formula is C7H3BrF2INO. The Kier molecular flexibility index (Phi) is 3.72. The standard InChI is InChI=1S/C7H3BrF2INO/c8-6-5(7(9)10)4(11)1-3(2-13)12-6/h1-2,7H. The molecule has 1 heterocycles. The Bertz CT molecular complexity index is 322. The summed E-state index contributed by atoms with van der Waals surface area (Å²) >= 11 is 4.63. The molecule has 0 aliphatic rings. The number of nitrogens with zero attached hydrogens (tertiary/aromatic N) is 1. The minimum Gasteiger partial charge on any atom is -0.296 e. The molecule has 0 aromatic carbocycles. The maximum Gasteiger partial charge on any atom is 0.267 e. The second-order valence-corrected chi connectivity index (χ2v) is 4.07. The molecule has 0 fully saturated rings. The molecule has 0 bridgehead atoms. The van der Waals surface area contributed by atoms with E-state index in [1.165, 1.54) is 6.07 Å². The van der Waals surface area contributed by atoms with Crippen LogP contribution in [0.4, 0.5) is 8.78 Å². The minimum absolute atomic E-state index is 0.0245. The summed E-state index contributed by atoms with van der Waals surface area (Å²) in [5.41, 5.74) is -0.0353. The van der Waals surface area contributed by atoms with Gasteiger partial charge in [0.2, 0.25) is 0 Å². The van der Waals surface area contributed by atoms with Gasteiger partial charge in [0.05, 0.1) is 5.56 Å². The van der Waals surface area contributed by atoms with Crippen molar-refractivity contribution >= 4 is 44.8 Å². The summed E-state index contributed by atoms with van der Waals surface area (Å²) in [6, 6.07) is 1.32. The molecule has 0 aliphatic heterocycles. The fraction of sp³-hybridized carbons (Fsp3) is 0.143. The molecule has 0 spiro atoms. The SMILES string of the molecule is O=Cc1cc(I)c(C(F)F)c(Br)n1. The summed E-state index contributed by atoms with van der Waals surface area (Å²) in [4.78, 5) is 14.0. The van der Waals surface area contributed by atoms with E-state index >= 15 is 0 Å². The molecule has 70 valence electrons. The Morgan fingerprint density at radius 1 is 1.62 bits per heavy atom. The van der Waals surface area contributed by atoms with Crippen LogP contribution in [-0.4, -0.2) is 11.3 Å². The van der Waals surface area contributed by atoms with Gasteiger partial charge in [-0.05, 0) is 44.6 Å². The molecule has 1 aromatic rings. The van der Waals surface area contributed by atoms with Crippen LogP contribution in [0.15, 0.2) is 10.7 Å². The van der Waals surface area contributed by atoms with Crippen LogP contribution in [0.2, 0.25) is 0 Å². The predicted octanol–water partition coefficient (Wildman–Crippen LogP) is 3.20. The smallest absolute Gasteiger partial charge is 0.267 e. The quantitative estimate of drug-likeness (QED) is 0.460. The van der Waals surface area contributed by atoms with E-state index in [1.807, 2.05) is 0 Å². The Balaban J connectivity index is 3.31. The maximum atomic E-state index is 12.4. The van der Waals surface area contributed by atoms with Crippen molar-refractivity contribution in [1.29, 1.82) is 0 Å². The first-order valence-electron chi connectivity index (χ1n) is 3.15. The van der Waals surface area contributed by atoms with Crippen molar-refractivity contribution < 1.29 is 13.6 Å². The van der Waals surface area contributed by atoms with Crippen LogP contribution < -0.4 is 0 Å². The van der Waals surface area contributed by atoms with Crippen molar-refractivity contribution in [3.63, 3.8) is 0 Å². The second kappa shape index (κ2) is 4.41. The number of carbonyl (C=O) groups excluding carboxylic acids is 1. The zero-order valence-corrected chi connectivity index (χ0v) is 9.84. The van der Waals surface area contributed by atoms with Gasteiger partial charge in [-0.3, -0.25) is 4.79 Å². The van der Waals surface area contributed by atoms with E-state index in [1.54, 1.807) is 22.6 Å². The van der Waals surface area contributed by atoms with Gasteiger partial charge in [0.25, 0.3) is 6.43 Å². The normalized spacial score (nSPS) is 10.5. The average molecular weight is 362 g/mol. The number of carbonyl (C=O) groups is 1. The first-order chi connectivity index (χ1) is 6.06. The lowest BCUT2D eigenvalue weighted by atomic mass is 10.2. The van der Waals surface area contributed by atoms with Crippen LogP contribution in [0.5, 0.6) is 0 Å². The summed E-state index contributed by atoms with van der Waals surface area (Å²) in [6.45, 7) is 0. The van der Waals surface area contributed by atoms with Gasteiger partial charge in [-0.2, -0.15) is 0 Å². The Hall–Kier alpha value is -0.110. The summed E-state index contributed by atoms with van der Waals surface area (Å²) in [5.74, 6) is 0. The molecule has 1 aromatic heterocycles. The van der Waals surface area contributed by atoms with E-state index in [2.05, 4.69) is 20.9 Å². The van der Waals surface area contributed by atoms with Crippen molar-refractivity contribution in [1.82, 2.24) is 4.98 Å². The summed E-state index contributed by atoms with van der Waals surface area (Å²) in [7, 11) is 0. The third kappa shape index (κ3) is 2.43. The highest BCUT2D eigenvalue weighted by molar-refractivity contribution is 14.1. The van der Waals surface area contributed by atoms with Crippen LogP contribution in [-0.2, 0) is 0 Å². The molecule has 0 aliphatic carbocycles. The Morgan fingerprint density at radius 2 is 2.23 bits per heavy atom. The predicted molar refractivity (Wildman–Crippen MR) is 55.0 cm³/mol. The number of halogens is 4. The number of alkyl halides is 2. The number of hydrogen-bond acceptors (Lipinski definition) is 2. The summed E-state index contributed by atoms with van der Waals surface area (Å²) < 4.78 is 25.1. The van der Waals surface area contributed by atoms with E-state index in [4.69, 9.17) is 0 Å². The lowest BCUT2D eigenvalue weighted by Gasteiger charge is -2.05. The number of hydrogen-bond donors (Lipinski definition) is 0. The van der Waals surface area contributed by atoms with E-state index in [-0.39, 0.29) is 15.9 Å². The van der Waals surface area contributed by atoms with Crippen molar-refractivity contribution in [2.24, 2.45) is 0 Å². The Morgan fingerprint density at radius 3 is 2.62 bits per heavy atom. The lowest BCUT2D eigenvalue weighted by Crippen LogP contribution is -1.98. The monoisotopic (exact) mass is 361 g/mol. The number of aldehydes is 1. The molecular weight excluding hydrogens is 359 g/mol. The van der Waals surface area contributed by atoms with Crippen molar-refractivity contribution in [3.05, 3.63) is 25.5 Å². The maximum absolute atomic E-state index is 12.4. The van der Waals surface area contributed by atoms with Crippen LogP contribution in [0, 0.1) is 3.57 Å². The molecule has 0 N–H and O–H groups in total. The molecule has 0 saturated heterocycles. The molecule has 0 radical (unpaired) electrons. The van der Waals surface area contributed by atoms with Gasteiger partial charge >= 0.3 is 0 Å². The van der Waals surface area contributed by atoms with Gasteiger partial charge in [0, 0.05) is 3.57 Å². The minimum atomic E-state index is -2.59. The fourth-order valence-corrected chi connectivity index (χ4v) is 2.54. The van der Waals surface area contributed by atoms with Crippen LogP contribution in [0.3, 0.4) is 0 Å². The molecule has 6 heteroatoms. The topological polar surface area (TPSA) is 30.0 Å². The first kappa shape index (κ1) is 11.0. The lowest BCUT2D eigenvalue weighted by molar-refractivity contribution is 0.111. The fourth-order valence-electron chi connectivity index (χ4n) is 0.767. The molecule has 2 nitrogen and oxygen atoms in total. The van der Waals surface area contributed by atoms with E-state index in [0.717, 1.165) is 0 Å². The van der Waals surface area contributed by atoms with Gasteiger partial charge in [0.1, 0.15) is 10.3 Å². The highest BCUT2D eigenvalue weighted by atomic mass is 127. The average Bonchev–Trinajstić information content (AvgIpc) is 2.02. The second-order valence-electron chi connectivity index (χ2n) is 2.15. The van der Waals surface area contributed by atoms with Gasteiger partial charge in [-0.1, -0.05) is 0 Å². The van der Waals surface area contributed by atoms with E-state index < -0.39 is 6.43 Å². The third-order valence-electron chi connectivity index (χ3n) is 1.32. The van der Waals surface area contributed by atoms with Crippen molar-refractivity contribution in [2.45, 2.75) is 6.43 Å². The molecule has 0 saturated carbocycles. The van der Waals surface area contributed by atoms with Crippen LogP contribution in [0.1, 0.15) is 22.5 Å². The zero-order valence-electron chi connectivity index (χ0n) is 6.10. The van der Waals surface area contributed by atoms with Crippen LogP contribution >= 0.6 is 38.5 Å². The van der Waals surface area contributed by atoms with Crippen LogP contribution in [0.25, 0.3) is 0 Å². The highest BCUT2D eigenvalue weighted by Crippen LogP contribution is 2.30. The van der Waals surface area contributed by atoms with Gasteiger partial charge < -0.3 is 0 Å². The number of aromatic nitrogens is 1. The van der Waals surface area contributed by atoms with E-state index in [0.29, 0.717) is 9.86 Å². The largest absolute Gasteiger partial charge is 0.296 e. The van der Waals surface area contributed by atoms with E-state index in [9.17, 15) is 13.6 Å². The van der Waals surface area contributed by atoms with Gasteiger partial charge in [0.15, 0.2) is 6.29 Å². The van der Waals surface area contributed by atoms with Gasteiger partial charge in [-0.15, -0.1) is 0 Å². The molecule has 1 rings (SSSR count). The summed E-state index contributed by atoms with van der Waals surface area (Å²) in [5, 5.41) is 0. The highest BCUT2D eigenvalue weighted by Gasteiger charge is 2.17. The molecule has 0 unspecified atom stereocenters. The molecule has 0 atom stereocenters. The third-order valence-corrected chi connectivity index (χ3v) is 2.82. The molecule has 13 heavy (non-hydrogen) atoms. The zero-order chi connectivity index (χ0) is 10.0. The van der Waals surface area contributed by atoms with Gasteiger partial charge in [-0.25, -0.2) is 13.8 Å². The Labute approximate surface area is 95.0 Å². The number of rotatable bonds is 2. The first-order valence-corrected chi connectivity index (χ1v) is 5.02. The van der Waals surface area contributed by atoms with Crippen molar-refractivity contribution in [3.8, 4) is 0 Å².